The van der Waals surface area contributed by atoms with Gasteiger partial charge in [-0.3, -0.25) is 4.79 Å². The van der Waals surface area contributed by atoms with E-state index in [-0.39, 0.29) is 11.4 Å². The zero-order valence-electron chi connectivity index (χ0n) is 15.5. The van der Waals surface area contributed by atoms with E-state index in [1.807, 2.05) is 57.4 Å². The number of benzene rings is 2. The number of carbonyl (C=O) groups is 1. The molecule has 1 aliphatic rings. The fourth-order valence-corrected chi connectivity index (χ4v) is 3.67. The molecule has 0 saturated heterocycles. The van der Waals surface area contributed by atoms with Crippen molar-refractivity contribution in [2.24, 2.45) is 0 Å². The molecule has 3 rings (SSSR count). The molecule has 0 bridgehead atoms. The van der Waals surface area contributed by atoms with Gasteiger partial charge in [-0.2, -0.15) is 0 Å². The second-order valence-corrected chi connectivity index (χ2v) is 8.00. The Labute approximate surface area is 163 Å². The van der Waals surface area contributed by atoms with Gasteiger partial charge in [0.25, 0.3) is 5.91 Å². The van der Waals surface area contributed by atoms with Gasteiger partial charge in [-0.1, -0.05) is 40.2 Å². The second-order valence-electron chi connectivity index (χ2n) is 7.14. The lowest BCUT2D eigenvalue weighted by atomic mass is 10.0. The van der Waals surface area contributed by atoms with Crippen LogP contribution in [0.1, 0.15) is 34.3 Å². The molecule has 1 N–H and O–H groups in total. The van der Waals surface area contributed by atoms with Crippen LogP contribution in [0, 0.1) is 6.92 Å². The molecule has 0 atom stereocenters. The molecule has 2 aromatic carbocycles. The van der Waals surface area contributed by atoms with Crippen molar-refractivity contribution in [1.82, 2.24) is 10.2 Å². The van der Waals surface area contributed by atoms with E-state index in [4.69, 9.17) is 4.74 Å². The molecule has 4 nitrogen and oxygen atoms in total. The Kier molecular flexibility index (Phi) is 5.68. The van der Waals surface area contributed by atoms with Crippen LogP contribution in [0.5, 0.6) is 5.75 Å². The number of carbonyl (C=O) groups excluding carboxylic acids is 1. The molecule has 0 aromatic heterocycles. The largest absolute Gasteiger partial charge is 0.492 e. The number of nitrogens with zero attached hydrogens (tertiary/aromatic N) is 1. The molecule has 0 heterocycles. The molecule has 0 aliphatic heterocycles. The highest BCUT2D eigenvalue weighted by molar-refractivity contribution is 9.10. The molecular formula is C21H25BrN2O2. The van der Waals surface area contributed by atoms with Crippen molar-refractivity contribution in [1.29, 1.82) is 0 Å². The van der Waals surface area contributed by atoms with Crippen LogP contribution in [0.15, 0.2) is 46.9 Å². The van der Waals surface area contributed by atoms with Crippen LogP contribution in [0.3, 0.4) is 0 Å². The molecule has 1 aliphatic carbocycles. The third kappa shape index (κ3) is 4.27. The quantitative estimate of drug-likeness (QED) is 0.737. The Bertz CT molecular complexity index is 800. The summed E-state index contributed by atoms with van der Waals surface area (Å²) >= 11 is 3.61. The van der Waals surface area contributed by atoms with Crippen molar-refractivity contribution in [3.05, 3.63) is 63.6 Å². The maximum absolute atomic E-state index is 12.9. The third-order valence-corrected chi connectivity index (χ3v) is 5.44. The summed E-state index contributed by atoms with van der Waals surface area (Å²) in [6, 6.07) is 13.8. The highest BCUT2D eigenvalue weighted by Crippen LogP contribution is 2.48. The Hall–Kier alpha value is -1.85. The van der Waals surface area contributed by atoms with Gasteiger partial charge in [0, 0.05) is 16.6 Å². The topological polar surface area (TPSA) is 41.6 Å². The van der Waals surface area contributed by atoms with E-state index in [0.717, 1.165) is 40.7 Å². The first-order valence-corrected chi connectivity index (χ1v) is 9.66. The smallest absolute Gasteiger partial charge is 0.252 e. The first-order chi connectivity index (χ1) is 12.4. The first kappa shape index (κ1) is 18.9. The molecule has 138 valence electrons. The molecule has 5 heteroatoms. The Morgan fingerprint density at radius 3 is 2.62 bits per heavy atom. The number of hydrogen-bond donors (Lipinski definition) is 1. The van der Waals surface area contributed by atoms with Gasteiger partial charge in [0.1, 0.15) is 12.4 Å². The van der Waals surface area contributed by atoms with Gasteiger partial charge in [-0.05, 0) is 63.2 Å². The summed E-state index contributed by atoms with van der Waals surface area (Å²) in [6.45, 7) is 3.38. The van der Waals surface area contributed by atoms with Gasteiger partial charge in [0.15, 0.2) is 0 Å². The van der Waals surface area contributed by atoms with E-state index in [9.17, 15) is 4.79 Å². The van der Waals surface area contributed by atoms with E-state index in [1.54, 1.807) is 0 Å². The number of ether oxygens (including phenoxy) is 1. The van der Waals surface area contributed by atoms with Gasteiger partial charge in [0.2, 0.25) is 0 Å². The van der Waals surface area contributed by atoms with Crippen LogP contribution >= 0.6 is 15.9 Å². The molecule has 1 fully saturated rings. The number of amides is 1. The summed E-state index contributed by atoms with van der Waals surface area (Å²) < 4.78 is 6.82. The van der Waals surface area contributed by atoms with Gasteiger partial charge >= 0.3 is 0 Å². The van der Waals surface area contributed by atoms with Crippen LogP contribution < -0.4 is 10.1 Å². The van der Waals surface area contributed by atoms with Crippen LogP contribution in [0.2, 0.25) is 0 Å². The Morgan fingerprint density at radius 1 is 1.23 bits per heavy atom. The molecule has 0 radical (unpaired) electrons. The van der Waals surface area contributed by atoms with E-state index < -0.39 is 0 Å². The average Bonchev–Trinajstić information content (AvgIpc) is 3.36. The van der Waals surface area contributed by atoms with Gasteiger partial charge in [-0.15, -0.1) is 0 Å². The summed E-state index contributed by atoms with van der Waals surface area (Å²) in [6.07, 6.45) is 1.92. The predicted octanol–water partition coefficient (Wildman–Crippen LogP) is 4.12. The van der Waals surface area contributed by atoms with E-state index in [2.05, 4.69) is 32.2 Å². The average molecular weight is 417 g/mol. The number of nitrogens with one attached hydrogen (secondary N) is 1. The van der Waals surface area contributed by atoms with Crippen molar-refractivity contribution < 1.29 is 9.53 Å². The van der Waals surface area contributed by atoms with E-state index in [1.165, 1.54) is 0 Å². The molecule has 26 heavy (non-hydrogen) atoms. The minimum absolute atomic E-state index is 0.0474. The summed E-state index contributed by atoms with van der Waals surface area (Å²) in [5.41, 5.74) is 2.51. The van der Waals surface area contributed by atoms with Crippen LogP contribution in [0.25, 0.3) is 0 Å². The molecular weight excluding hydrogens is 392 g/mol. The second kappa shape index (κ2) is 7.80. The Balaban J connectivity index is 1.74. The summed E-state index contributed by atoms with van der Waals surface area (Å²) in [4.78, 5) is 15.0. The zero-order valence-corrected chi connectivity index (χ0v) is 17.1. The molecule has 1 amide bonds. The number of rotatable bonds is 7. The van der Waals surface area contributed by atoms with E-state index in [0.29, 0.717) is 12.2 Å². The minimum Gasteiger partial charge on any atom is -0.492 e. The maximum atomic E-state index is 12.9. The normalized spacial score (nSPS) is 15.0. The fourth-order valence-electron chi connectivity index (χ4n) is 3.00. The van der Waals surface area contributed by atoms with Crippen LogP contribution in [0.4, 0.5) is 0 Å². The van der Waals surface area contributed by atoms with Gasteiger partial charge in [-0.25, -0.2) is 0 Å². The first-order valence-electron chi connectivity index (χ1n) is 8.87. The van der Waals surface area contributed by atoms with Crippen LogP contribution in [-0.4, -0.2) is 38.1 Å². The van der Waals surface area contributed by atoms with E-state index >= 15 is 0 Å². The standard InChI is InChI=1S/C21H25BrN2O2/c1-15-8-9-16(26-13-12-24(2)3)14-17(15)20(25)23-21(10-11-21)18-6-4-5-7-19(18)22/h4-9,14H,10-13H2,1-3H3,(H,23,25). The minimum atomic E-state index is -0.259. The monoisotopic (exact) mass is 416 g/mol. The number of halogens is 1. The lowest BCUT2D eigenvalue weighted by molar-refractivity contribution is 0.0929. The van der Waals surface area contributed by atoms with Gasteiger partial charge in [0.05, 0.1) is 5.54 Å². The number of hydrogen-bond acceptors (Lipinski definition) is 3. The summed E-state index contributed by atoms with van der Waals surface area (Å²) in [7, 11) is 4.02. The summed E-state index contributed by atoms with van der Waals surface area (Å²) in [5, 5.41) is 3.25. The molecule has 2 aromatic rings. The lowest BCUT2D eigenvalue weighted by Gasteiger charge is -2.20. The van der Waals surface area contributed by atoms with Crippen molar-refractivity contribution in [2.45, 2.75) is 25.3 Å². The van der Waals surface area contributed by atoms with Crippen LogP contribution in [-0.2, 0) is 5.54 Å². The maximum Gasteiger partial charge on any atom is 0.252 e. The lowest BCUT2D eigenvalue weighted by Crippen LogP contribution is -2.35. The molecule has 1 saturated carbocycles. The van der Waals surface area contributed by atoms with Crippen molar-refractivity contribution in [3.63, 3.8) is 0 Å². The number of aryl methyl sites for hydroxylation is 1. The van der Waals surface area contributed by atoms with Crippen molar-refractivity contribution in [3.8, 4) is 5.75 Å². The van der Waals surface area contributed by atoms with Crippen molar-refractivity contribution >= 4 is 21.8 Å². The SMILES string of the molecule is Cc1ccc(OCCN(C)C)cc1C(=O)NC1(c2ccccc2Br)CC1. The van der Waals surface area contributed by atoms with Gasteiger partial charge < -0.3 is 15.0 Å². The Morgan fingerprint density at radius 2 is 1.96 bits per heavy atom. The highest BCUT2D eigenvalue weighted by atomic mass is 79.9. The number of likely N-dealkylation sites (N-methyl/N-ethyl adjacent to an activating group) is 1. The predicted molar refractivity (Wildman–Crippen MR) is 108 cm³/mol. The highest BCUT2D eigenvalue weighted by Gasteiger charge is 2.46. The zero-order chi connectivity index (χ0) is 18.7. The third-order valence-electron chi connectivity index (χ3n) is 4.75. The molecule has 0 unspecified atom stereocenters. The molecule has 0 spiro atoms. The fraction of sp³-hybridized carbons (Fsp3) is 0.381. The van der Waals surface area contributed by atoms with Crippen molar-refractivity contribution in [2.75, 3.05) is 27.2 Å². The summed E-state index contributed by atoms with van der Waals surface area (Å²) in [5.74, 6) is 0.683.